The second-order valence-corrected chi connectivity index (χ2v) is 2.98. The van der Waals surface area contributed by atoms with Crippen LogP contribution >= 0.6 is 0 Å². The van der Waals surface area contributed by atoms with Gasteiger partial charge in [0.05, 0.1) is 12.6 Å². The van der Waals surface area contributed by atoms with Gasteiger partial charge >= 0.3 is 5.97 Å². The number of carboxylic acid groups (broad SMARTS) is 1. The number of carbonyl (C=O) groups excluding carboxylic acids is 1. The van der Waals surface area contributed by atoms with E-state index in [4.69, 9.17) is 15.9 Å². The number of aliphatic hydroxyl groups excluding tert-OH is 1. The highest BCUT2D eigenvalue weighted by Crippen LogP contribution is 1.94. The van der Waals surface area contributed by atoms with Crippen LogP contribution in [0.25, 0.3) is 0 Å². The Morgan fingerprint density at radius 2 is 2.07 bits per heavy atom. The molecule has 14 heavy (non-hydrogen) atoms. The minimum atomic E-state index is -1.27. The summed E-state index contributed by atoms with van der Waals surface area (Å²) in [5.74, 6) is -1.82. The Kier molecular flexibility index (Phi) is 5.82. The average Bonchev–Trinajstić information content (AvgIpc) is 2.13. The summed E-state index contributed by atoms with van der Waals surface area (Å²) < 4.78 is 0. The molecule has 2 atom stereocenters. The van der Waals surface area contributed by atoms with Gasteiger partial charge in [-0.3, -0.25) is 4.79 Å². The van der Waals surface area contributed by atoms with Crippen LogP contribution in [0.4, 0.5) is 0 Å². The third-order valence-electron chi connectivity index (χ3n) is 1.73. The molecule has 0 saturated carbocycles. The van der Waals surface area contributed by atoms with Crippen LogP contribution in [-0.4, -0.2) is 40.8 Å². The summed E-state index contributed by atoms with van der Waals surface area (Å²) in [4.78, 5) is 21.6. The highest BCUT2D eigenvalue weighted by molar-refractivity contribution is 5.86. The zero-order valence-electron chi connectivity index (χ0n) is 8.06. The van der Waals surface area contributed by atoms with Crippen molar-refractivity contribution in [3.8, 4) is 0 Å². The molecular formula is C8H16N2O4. The van der Waals surface area contributed by atoms with E-state index in [-0.39, 0.29) is 0 Å². The number of rotatable bonds is 6. The van der Waals surface area contributed by atoms with E-state index in [0.717, 1.165) is 6.42 Å². The van der Waals surface area contributed by atoms with Crippen LogP contribution in [0.15, 0.2) is 0 Å². The molecular weight excluding hydrogens is 188 g/mol. The lowest BCUT2D eigenvalue weighted by Crippen LogP contribution is -2.49. The molecule has 0 aliphatic carbocycles. The molecule has 0 aromatic carbocycles. The first-order valence-corrected chi connectivity index (χ1v) is 4.42. The summed E-state index contributed by atoms with van der Waals surface area (Å²) in [5, 5.41) is 19.3. The zero-order chi connectivity index (χ0) is 11.1. The van der Waals surface area contributed by atoms with Crippen LogP contribution in [0, 0.1) is 0 Å². The van der Waals surface area contributed by atoms with Crippen molar-refractivity contribution >= 4 is 11.9 Å². The van der Waals surface area contributed by atoms with Gasteiger partial charge in [0.25, 0.3) is 0 Å². The summed E-state index contributed by atoms with van der Waals surface area (Å²) in [7, 11) is 0. The van der Waals surface area contributed by atoms with Crippen LogP contribution < -0.4 is 11.1 Å². The second-order valence-electron chi connectivity index (χ2n) is 2.98. The maximum atomic E-state index is 11.2. The molecule has 0 aromatic heterocycles. The first-order valence-electron chi connectivity index (χ1n) is 4.42. The van der Waals surface area contributed by atoms with Gasteiger partial charge < -0.3 is 21.3 Å². The molecule has 0 aliphatic heterocycles. The summed E-state index contributed by atoms with van der Waals surface area (Å²) >= 11 is 0. The first-order chi connectivity index (χ1) is 6.52. The average molecular weight is 204 g/mol. The monoisotopic (exact) mass is 204 g/mol. The van der Waals surface area contributed by atoms with Gasteiger partial charge in [0, 0.05) is 0 Å². The van der Waals surface area contributed by atoms with Crippen molar-refractivity contribution in [2.75, 3.05) is 6.61 Å². The summed E-state index contributed by atoms with van der Waals surface area (Å²) in [6.07, 6.45) is 1.23. The predicted octanol–water partition coefficient (Wildman–Crippen LogP) is -1.32. The van der Waals surface area contributed by atoms with E-state index in [0.29, 0.717) is 6.42 Å². The Morgan fingerprint density at radius 1 is 1.50 bits per heavy atom. The molecule has 0 spiro atoms. The maximum absolute atomic E-state index is 11.2. The second kappa shape index (κ2) is 6.33. The lowest BCUT2D eigenvalue weighted by Gasteiger charge is -2.15. The minimum absolute atomic E-state index is 0.490. The quantitative estimate of drug-likeness (QED) is 0.428. The van der Waals surface area contributed by atoms with Crippen LogP contribution in [0.1, 0.15) is 19.8 Å². The van der Waals surface area contributed by atoms with E-state index in [1.807, 2.05) is 6.92 Å². The molecule has 1 amide bonds. The highest BCUT2D eigenvalue weighted by Gasteiger charge is 2.21. The number of carboxylic acids is 1. The molecule has 0 rings (SSSR count). The molecule has 6 heteroatoms. The Bertz CT molecular complexity index is 208. The van der Waals surface area contributed by atoms with E-state index in [1.165, 1.54) is 0 Å². The number of amides is 1. The van der Waals surface area contributed by atoms with Crippen LogP contribution in [-0.2, 0) is 9.59 Å². The van der Waals surface area contributed by atoms with Crippen LogP contribution in [0.2, 0.25) is 0 Å². The van der Waals surface area contributed by atoms with Gasteiger partial charge in [-0.15, -0.1) is 0 Å². The molecule has 0 heterocycles. The SMILES string of the molecule is CCC[C@@H](N)C(=O)NC(CO)C(=O)O. The van der Waals surface area contributed by atoms with Gasteiger partial charge in [0.2, 0.25) is 5.91 Å². The molecule has 1 unspecified atom stereocenters. The standard InChI is InChI=1S/C8H16N2O4/c1-2-3-5(9)7(12)10-6(4-11)8(13)14/h5-6,11H,2-4,9H2,1H3,(H,10,12)(H,13,14)/t5-,6?/m1/s1. The fourth-order valence-corrected chi connectivity index (χ4v) is 0.906. The normalized spacial score (nSPS) is 14.5. The van der Waals surface area contributed by atoms with Crippen molar-refractivity contribution in [1.82, 2.24) is 5.32 Å². The smallest absolute Gasteiger partial charge is 0.328 e. The van der Waals surface area contributed by atoms with E-state index >= 15 is 0 Å². The molecule has 5 N–H and O–H groups in total. The Labute approximate surface area is 82.1 Å². The van der Waals surface area contributed by atoms with Crippen molar-refractivity contribution in [3.05, 3.63) is 0 Å². The van der Waals surface area contributed by atoms with E-state index < -0.39 is 30.6 Å². The number of hydrogen-bond donors (Lipinski definition) is 4. The molecule has 0 aliphatic rings. The Hall–Kier alpha value is -1.14. The number of hydrogen-bond acceptors (Lipinski definition) is 4. The molecule has 0 bridgehead atoms. The lowest BCUT2D eigenvalue weighted by atomic mass is 10.1. The Balaban J connectivity index is 4.08. The first kappa shape index (κ1) is 12.9. The van der Waals surface area contributed by atoms with Gasteiger partial charge in [-0.2, -0.15) is 0 Å². The van der Waals surface area contributed by atoms with Gasteiger partial charge in [0.15, 0.2) is 0 Å². The molecule has 0 aromatic rings. The van der Waals surface area contributed by atoms with E-state index in [2.05, 4.69) is 5.32 Å². The number of nitrogens with one attached hydrogen (secondary N) is 1. The summed E-state index contributed by atoms with van der Waals surface area (Å²) in [6, 6.07) is -1.99. The third kappa shape index (κ3) is 4.20. The van der Waals surface area contributed by atoms with Gasteiger partial charge in [-0.25, -0.2) is 4.79 Å². The van der Waals surface area contributed by atoms with Crippen molar-refractivity contribution in [2.45, 2.75) is 31.8 Å². The number of aliphatic carboxylic acids is 1. The van der Waals surface area contributed by atoms with Crippen LogP contribution in [0.5, 0.6) is 0 Å². The number of nitrogens with two attached hydrogens (primary N) is 1. The molecule has 0 saturated heterocycles. The fraction of sp³-hybridized carbons (Fsp3) is 0.750. The molecule has 82 valence electrons. The van der Waals surface area contributed by atoms with E-state index in [9.17, 15) is 9.59 Å². The van der Waals surface area contributed by atoms with Crippen molar-refractivity contribution in [3.63, 3.8) is 0 Å². The zero-order valence-corrected chi connectivity index (χ0v) is 8.06. The van der Waals surface area contributed by atoms with Crippen molar-refractivity contribution < 1.29 is 19.8 Å². The van der Waals surface area contributed by atoms with Crippen molar-refractivity contribution in [1.29, 1.82) is 0 Å². The topological polar surface area (TPSA) is 113 Å². The number of aliphatic hydroxyl groups is 1. The molecule has 0 fully saturated rings. The number of carbonyl (C=O) groups is 2. The van der Waals surface area contributed by atoms with Gasteiger partial charge in [-0.1, -0.05) is 13.3 Å². The largest absolute Gasteiger partial charge is 0.480 e. The highest BCUT2D eigenvalue weighted by atomic mass is 16.4. The minimum Gasteiger partial charge on any atom is -0.480 e. The van der Waals surface area contributed by atoms with E-state index in [1.54, 1.807) is 0 Å². The van der Waals surface area contributed by atoms with Gasteiger partial charge in [-0.05, 0) is 6.42 Å². The maximum Gasteiger partial charge on any atom is 0.328 e. The van der Waals surface area contributed by atoms with Gasteiger partial charge in [0.1, 0.15) is 6.04 Å². The molecule has 6 nitrogen and oxygen atoms in total. The van der Waals surface area contributed by atoms with Crippen LogP contribution in [0.3, 0.4) is 0 Å². The predicted molar refractivity (Wildman–Crippen MR) is 49.5 cm³/mol. The summed E-state index contributed by atoms with van der Waals surface area (Å²) in [6.45, 7) is 1.23. The fourth-order valence-electron chi connectivity index (χ4n) is 0.906. The lowest BCUT2D eigenvalue weighted by molar-refractivity contribution is -0.143. The molecule has 0 radical (unpaired) electrons. The summed E-state index contributed by atoms with van der Waals surface area (Å²) in [5.41, 5.74) is 5.44. The Morgan fingerprint density at radius 3 is 2.43 bits per heavy atom. The third-order valence-corrected chi connectivity index (χ3v) is 1.73. The van der Waals surface area contributed by atoms with Crippen molar-refractivity contribution in [2.24, 2.45) is 5.73 Å².